The van der Waals surface area contributed by atoms with E-state index in [1.165, 1.54) is 32.1 Å². The van der Waals surface area contributed by atoms with Gasteiger partial charge in [0.1, 0.15) is 6.54 Å². The fourth-order valence-corrected chi connectivity index (χ4v) is 4.80. The van der Waals surface area contributed by atoms with Gasteiger partial charge in [-0.3, -0.25) is 4.79 Å². The first-order valence-corrected chi connectivity index (χ1v) is 9.42. The molecular formula is C16H30N4OS. The molecule has 0 aromatic heterocycles. The Labute approximate surface area is 138 Å². The Hall–Kier alpha value is -0.910. The Morgan fingerprint density at radius 3 is 2.68 bits per heavy atom. The lowest BCUT2D eigenvalue weighted by Crippen LogP contribution is -2.53. The number of hydrogen-bond acceptors (Lipinski definition) is 3. The zero-order valence-electron chi connectivity index (χ0n) is 14.2. The van der Waals surface area contributed by atoms with Crippen LogP contribution in [0.15, 0.2) is 4.99 Å². The van der Waals surface area contributed by atoms with Gasteiger partial charge in [0.25, 0.3) is 0 Å². The molecule has 2 aliphatic rings. The fraction of sp³-hybridized carbons (Fsp3) is 0.875. The molecule has 0 bridgehead atoms. The van der Waals surface area contributed by atoms with E-state index in [1.54, 1.807) is 19.0 Å². The van der Waals surface area contributed by atoms with Crippen LogP contribution in [-0.4, -0.2) is 72.4 Å². The Kier molecular flexibility index (Phi) is 6.41. The first-order valence-electron chi connectivity index (χ1n) is 8.44. The summed E-state index contributed by atoms with van der Waals surface area (Å²) in [5, 5.41) is 3.36. The van der Waals surface area contributed by atoms with Crippen LogP contribution in [0.5, 0.6) is 0 Å². The molecule has 1 aliphatic heterocycles. The second-order valence-electron chi connectivity index (χ2n) is 6.47. The molecule has 5 nitrogen and oxygen atoms in total. The monoisotopic (exact) mass is 326 g/mol. The summed E-state index contributed by atoms with van der Waals surface area (Å²) >= 11 is 2.16. The number of nitrogens with one attached hydrogen (secondary N) is 1. The predicted molar refractivity (Wildman–Crippen MR) is 94.5 cm³/mol. The zero-order valence-corrected chi connectivity index (χ0v) is 15.0. The van der Waals surface area contributed by atoms with Gasteiger partial charge >= 0.3 is 0 Å². The van der Waals surface area contributed by atoms with E-state index in [0.717, 1.165) is 31.3 Å². The van der Waals surface area contributed by atoms with Crippen molar-refractivity contribution in [3.63, 3.8) is 0 Å². The van der Waals surface area contributed by atoms with Crippen LogP contribution in [0, 0.1) is 0 Å². The van der Waals surface area contributed by atoms with Gasteiger partial charge in [0.05, 0.1) is 0 Å². The summed E-state index contributed by atoms with van der Waals surface area (Å²) in [7, 11) is 3.55. The third-order valence-electron chi connectivity index (χ3n) is 4.51. The Bertz CT molecular complexity index is 399. The van der Waals surface area contributed by atoms with Crippen molar-refractivity contribution in [3.05, 3.63) is 0 Å². The van der Waals surface area contributed by atoms with Gasteiger partial charge in [-0.2, -0.15) is 11.8 Å². The third kappa shape index (κ3) is 4.54. The lowest BCUT2D eigenvalue weighted by atomic mass is 9.87. The van der Waals surface area contributed by atoms with Crippen molar-refractivity contribution in [3.8, 4) is 0 Å². The molecule has 1 aliphatic carbocycles. The minimum atomic E-state index is 0.0502. The van der Waals surface area contributed by atoms with Crippen molar-refractivity contribution in [2.24, 2.45) is 4.99 Å². The number of carbonyl (C=O) groups excluding carboxylic acids is 1. The van der Waals surface area contributed by atoms with Crippen LogP contribution in [-0.2, 0) is 4.79 Å². The number of thioether (sulfide) groups is 1. The van der Waals surface area contributed by atoms with E-state index in [2.05, 4.69) is 33.9 Å². The van der Waals surface area contributed by atoms with Crippen molar-refractivity contribution in [2.75, 3.05) is 46.0 Å². The number of nitrogens with zero attached hydrogens (tertiary/aromatic N) is 3. The average Bonchev–Trinajstić information content (AvgIpc) is 2.51. The maximum absolute atomic E-state index is 11.8. The van der Waals surface area contributed by atoms with Crippen LogP contribution < -0.4 is 5.32 Å². The smallest absolute Gasteiger partial charge is 0.243 e. The van der Waals surface area contributed by atoms with Crippen molar-refractivity contribution in [1.29, 1.82) is 0 Å². The SMILES string of the molecule is CCNC(=NCC(=O)N(C)C)N1CCSC2(CCCCC2)C1. The van der Waals surface area contributed by atoms with E-state index in [-0.39, 0.29) is 12.5 Å². The van der Waals surface area contributed by atoms with E-state index < -0.39 is 0 Å². The van der Waals surface area contributed by atoms with Gasteiger partial charge in [-0.25, -0.2) is 4.99 Å². The highest BCUT2D eigenvalue weighted by Gasteiger charge is 2.38. The number of guanidine groups is 1. The van der Waals surface area contributed by atoms with Crippen molar-refractivity contribution in [1.82, 2.24) is 15.1 Å². The summed E-state index contributed by atoms with van der Waals surface area (Å²) in [6.07, 6.45) is 6.74. The molecule has 1 heterocycles. The molecule has 2 rings (SSSR count). The van der Waals surface area contributed by atoms with Gasteiger partial charge in [-0.15, -0.1) is 0 Å². The second-order valence-corrected chi connectivity index (χ2v) is 8.03. The molecule has 1 N–H and O–H groups in total. The number of hydrogen-bond donors (Lipinski definition) is 1. The number of likely N-dealkylation sites (N-methyl/N-ethyl adjacent to an activating group) is 1. The van der Waals surface area contributed by atoms with Crippen molar-refractivity contribution < 1.29 is 4.79 Å². The Balaban J connectivity index is 2.03. The molecule has 1 saturated heterocycles. The van der Waals surface area contributed by atoms with Crippen LogP contribution in [0.25, 0.3) is 0 Å². The van der Waals surface area contributed by atoms with Gasteiger partial charge in [0, 0.05) is 44.2 Å². The summed E-state index contributed by atoms with van der Waals surface area (Å²) < 4.78 is 0.415. The Morgan fingerprint density at radius 1 is 1.32 bits per heavy atom. The molecule has 0 aromatic carbocycles. The molecule has 6 heteroatoms. The molecule has 0 radical (unpaired) electrons. The van der Waals surface area contributed by atoms with E-state index in [4.69, 9.17) is 0 Å². The zero-order chi connectivity index (χ0) is 16.0. The fourth-order valence-electron chi connectivity index (χ4n) is 3.23. The van der Waals surface area contributed by atoms with Crippen LogP contribution in [0.4, 0.5) is 0 Å². The van der Waals surface area contributed by atoms with Gasteiger partial charge in [-0.1, -0.05) is 19.3 Å². The first kappa shape index (κ1) is 17.4. The van der Waals surface area contributed by atoms with Gasteiger partial charge in [0.2, 0.25) is 5.91 Å². The maximum atomic E-state index is 11.8. The molecule has 0 aromatic rings. The quantitative estimate of drug-likeness (QED) is 0.634. The summed E-state index contributed by atoms with van der Waals surface area (Å²) in [4.78, 5) is 20.3. The summed E-state index contributed by atoms with van der Waals surface area (Å²) in [5.41, 5.74) is 0. The van der Waals surface area contributed by atoms with Crippen molar-refractivity contribution in [2.45, 2.75) is 43.8 Å². The number of aliphatic imine (C=N–C) groups is 1. The average molecular weight is 327 g/mol. The molecule has 0 atom stereocenters. The summed E-state index contributed by atoms with van der Waals surface area (Å²) in [6.45, 7) is 5.24. The van der Waals surface area contributed by atoms with E-state index >= 15 is 0 Å². The normalized spacial score (nSPS) is 21.8. The van der Waals surface area contributed by atoms with Gasteiger partial charge in [-0.05, 0) is 19.8 Å². The largest absolute Gasteiger partial charge is 0.357 e. The minimum absolute atomic E-state index is 0.0502. The number of amides is 1. The highest BCUT2D eigenvalue weighted by atomic mass is 32.2. The molecule has 1 amide bonds. The van der Waals surface area contributed by atoms with E-state index in [0.29, 0.717) is 4.75 Å². The standard InChI is InChI=1S/C16H30N4OS/c1-4-17-15(18-12-14(21)19(2)3)20-10-11-22-16(13-20)8-6-5-7-9-16/h4-13H2,1-3H3,(H,17,18). The number of carbonyl (C=O) groups is 1. The molecule has 1 saturated carbocycles. The summed E-state index contributed by atoms with van der Waals surface area (Å²) in [6, 6.07) is 0. The molecule has 2 fully saturated rings. The summed E-state index contributed by atoms with van der Waals surface area (Å²) in [5.74, 6) is 2.11. The van der Waals surface area contributed by atoms with E-state index in [9.17, 15) is 4.79 Å². The molecule has 1 spiro atoms. The van der Waals surface area contributed by atoms with E-state index in [1.807, 2.05) is 0 Å². The van der Waals surface area contributed by atoms with Crippen molar-refractivity contribution >= 4 is 23.6 Å². The second kappa shape index (κ2) is 8.09. The first-order chi connectivity index (χ1) is 10.6. The lowest BCUT2D eigenvalue weighted by Gasteiger charge is -2.45. The highest BCUT2D eigenvalue weighted by Crippen LogP contribution is 2.42. The maximum Gasteiger partial charge on any atom is 0.243 e. The van der Waals surface area contributed by atoms with Gasteiger partial charge in [0.15, 0.2) is 5.96 Å². The molecular weight excluding hydrogens is 296 g/mol. The topological polar surface area (TPSA) is 47.9 Å². The van der Waals surface area contributed by atoms with Gasteiger partial charge < -0.3 is 15.1 Å². The lowest BCUT2D eigenvalue weighted by molar-refractivity contribution is -0.127. The Morgan fingerprint density at radius 2 is 2.05 bits per heavy atom. The molecule has 22 heavy (non-hydrogen) atoms. The predicted octanol–water partition coefficient (Wildman–Crippen LogP) is 1.79. The van der Waals surface area contributed by atoms with Crippen LogP contribution in [0.1, 0.15) is 39.0 Å². The van der Waals surface area contributed by atoms with Crippen LogP contribution >= 0.6 is 11.8 Å². The molecule has 126 valence electrons. The molecule has 0 unspecified atom stereocenters. The third-order valence-corrected chi connectivity index (χ3v) is 6.05. The van der Waals surface area contributed by atoms with Crippen LogP contribution in [0.2, 0.25) is 0 Å². The number of rotatable bonds is 3. The highest BCUT2D eigenvalue weighted by molar-refractivity contribution is 8.00. The minimum Gasteiger partial charge on any atom is -0.357 e. The van der Waals surface area contributed by atoms with Crippen LogP contribution in [0.3, 0.4) is 0 Å².